The van der Waals surface area contributed by atoms with Crippen LogP contribution in [-0.4, -0.2) is 28.6 Å². The van der Waals surface area contributed by atoms with Gasteiger partial charge in [0.2, 0.25) is 0 Å². The van der Waals surface area contributed by atoms with Crippen molar-refractivity contribution in [2.75, 3.05) is 6.61 Å². The zero-order valence-electron chi connectivity index (χ0n) is 16.8. The van der Waals surface area contributed by atoms with Gasteiger partial charge in [-0.05, 0) is 12.3 Å². The number of ether oxygens (including phenoxy) is 1. The molecule has 0 bridgehead atoms. The number of esters is 1. The summed E-state index contributed by atoms with van der Waals surface area (Å²) in [4.78, 5) is 23.6. The number of aliphatic hydroxyl groups is 2. The van der Waals surface area contributed by atoms with Crippen molar-refractivity contribution in [1.82, 2.24) is 0 Å². The number of ketones is 1. The number of carbonyl (C=O) groups excluding carboxylic acids is 2. The summed E-state index contributed by atoms with van der Waals surface area (Å²) in [5.74, 6) is -2.14. The van der Waals surface area contributed by atoms with Crippen molar-refractivity contribution < 1.29 is 54.1 Å². The summed E-state index contributed by atoms with van der Waals surface area (Å²) < 4.78 is 4.69. The summed E-state index contributed by atoms with van der Waals surface area (Å²) in [5, 5.41) is 18.7. The predicted octanol–water partition coefficient (Wildman–Crippen LogP) is 1.44. The van der Waals surface area contributed by atoms with E-state index in [1.54, 1.807) is 0 Å². The number of carbonyl (C=O) groups is 2. The molecule has 0 amide bonds. The van der Waals surface area contributed by atoms with Crippen LogP contribution >= 0.6 is 0 Å². The van der Waals surface area contributed by atoms with Crippen LogP contribution in [0.25, 0.3) is 0 Å². The second kappa shape index (κ2) is 14.7. The van der Waals surface area contributed by atoms with E-state index in [-0.39, 0.29) is 47.5 Å². The first-order chi connectivity index (χ1) is 12.0. The van der Waals surface area contributed by atoms with E-state index in [0.29, 0.717) is 0 Å². The Balaban J connectivity index is 0.00000625. The van der Waals surface area contributed by atoms with E-state index in [9.17, 15) is 14.7 Å². The molecule has 0 aromatic heterocycles. The maximum absolute atomic E-state index is 12.0. The fourth-order valence-electron chi connectivity index (χ4n) is 3.14. The van der Waals surface area contributed by atoms with Gasteiger partial charge in [-0.3, -0.25) is 9.59 Å². The van der Waals surface area contributed by atoms with Gasteiger partial charge in [-0.15, -0.1) is 0 Å². The molecule has 0 aromatic rings. The molecule has 0 saturated heterocycles. The first-order valence-corrected chi connectivity index (χ1v) is 9.74. The molecule has 1 unspecified atom stereocenters. The Morgan fingerprint density at radius 3 is 1.96 bits per heavy atom. The normalized spacial score (nSPS) is 16.8. The number of rotatable bonds is 14. The zero-order chi connectivity index (χ0) is 18.7. The molecule has 0 fully saturated rings. The maximum Gasteiger partial charge on any atom is 1.00 e. The van der Waals surface area contributed by atoms with Gasteiger partial charge in [-0.25, -0.2) is 0 Å². The molecule has 5 nitrogen and oxygen atoms in total. The number of unbranched alkanes of at least 4 members (excludes halogenated alkanes) is 8. The molecule has 1 rings (SSSR count). The van der Waals surface area contributed by atoms with Gasteiger partial charge in [0, 0.05) is 6.42 Å². The van der Waals surface area contributed by atoms with Crippen molar-refractivity contribution in [2.24, 2.45) is 11.8 Å². The van der Waals surface area contributed by atoms with Crippen molar-refractivity contribution in [2.45, 2.75) is 84.5 Å². The van der Waals surface area contributed by atoms with Crippen LogP contribution in [0.1, 0.15) is 84.5 Å². The molecule has 0 radical (unpaired) electrons. The molecular formula is C20H34NaO5+. The van der Waals surface area contributed by atoms with Gasteiger partial charge in [0.1, 0.15) is 6.61 Å². The first kappa shape index (κ1) is 25.6. The quantitative estimate of drug-likeness (QED) is 0.207. The first-order valence-electron chi connectivity index (χ1n) is 9.74. The van der Waals surface area contributed by atoms with Crippen LogP contribution in [0.2, 0.25) is 0 Å². The number of aliphatic hydroxyl groups excluding tert-OH is 2. The average Bonchev–Trinajstić information content (AvgIpc) is 2.86. The fourth-order valence-corrected chi connectivity index (χ4v) is 3.14. The Morgan fingerprint density at radius 1 is 1.00 bits per heavy atom. The van der Waals surface area contributed by atoms with E-state index in [4.69, 9.17) is 5.11 Å². The van der Waals surface area contributed by atoms with Gasteiger partial charge in [0.05, 0.1) is 0 Å². The second-order valence-corrected chi connectivity index (χ2v) is 7.40. The third-order valence-corrected chi connectivity index (χ3v) is 4.69. The van der Waals surface area contributed by atoms with Crippen molar-refractivity contribution >= 4 is 11.8 Å². The molecule has 1 aliphatic heterocycles. The van der Waals surface area contributed by atoms with Crippen LogP contribution in [0.4, 0.5) is 0 Å². The number of Topliss-reactive ketones (excluding diaryl/α,β-unsaturated/α-hetero) is 1. The van der Waals surface area contributed by atoms with E-state index < -0.39 is 24.3 Å². The Bertz CT molecular complexity index is 459. The van der Waals surface area contributed by atoms with Gasteiger partial charge in [0.15, 0.2) is 23.2 Å². The van der Waals surface area contributed by atoms with E-state index in [1.807, 2.05) is 0 Å². The minimum Gasteiger partial charge on any atom is -0.507 e. The molecule has 144 valence electrons. The summed E-state index contributed by atoms with van der Waals surface area (Å²) in [6.45, 7) is 3.96. The summed E-state index contributed by atoms with van der Waals surface area (Å²) >= 11 is 0. The molecule has 1 atom stereocenters. The van der Waals surface area contributed by atoms with E-state index in [0.717, 1.165) is 25.2 Å². The minimum absolute atomic E-state index is 0. The topological polar surface area (TPSA) is 83.8 Å². The summed E-state index contributed by atoms with van der Waals surface area (Å²) in [7, 11) is 0. The molecule has 0 saturated carbocycles. The standard InChI is InChI=1S/C20H34O5.Na/c1-15(2)12-10-8-6-4-3-5-7-9-11-13-16(22)18-19(23)17(14-21)25-20(18)24;/h15,18,21,23H,3-14H2,1-2H3;/q;+1. The SMILES string of the molecule is CC(C)CCCCCCCCCCCC(=O)C1C(=O)OC(CO)=C1O.[Na+]. The Labute approximate surface area is 179 Å². The Morgan fingerprint density at radius 2 is 1.50 bits per heavy atom. The van der Waals surface area contributed by atoms with Crippen molar-refractivity contribution in [3.8, 4) is 0 Å². The minimum atomic E-state index is -1.23. The van der Waals surface area contributed by atoms with E-state index in [2.05, 4.69) is 18.6 Å². The maximum atomic E-state index is 12.0. The molecule has 6 heteroatoms. The molecule has 0 spiro atoms. The van der Waals surface area contributed by atoms with Gasteiger partial charge in [-0.2, -0.15) is 0 Å². The third kappa shape index (κ3) is 9.54. The van der Waals surface area contributed by atoms with Gasteiger partial charge in [0.25, 0.3) is 0 Å². The van der Waals surface area contributed by atoms with Crippen molar-refractivity contribution in [1.29, 1.82) is 0 Å². The van der Waals surface area contributed by atoms with Crippen molar-refractivity contribution in [3.05, 3.63) is 11.5 Å². The molecule has 26 heavy (non-hydrogen) atoms. The number of hydrogen-bond acceptors (Lipinski definition) is 5. The molecular weight excluding hydrogens is 343 g/mol. The van der Waals surface area contributed by atoms with Crippen LogP contribution in [0.5, 0.6) is 0 Å². The molecule has 0 aromatic carbocycles. The zero-order valence-corrected chi connectivity index (χ0v) is 18.8. The van der Waals surface area contributed by atoms with Gasteiger partial charge in [-0.1, -0.05) is 71.6 Å². The molecule has 1 aliphatic rings. The average molecular weight is 377 g/mol. The molecule has 2 N–H and O–H groups in total. The van der Waals surface area contributed by atoms with E-state index >= 15 is 0 Å². The van der Waals surface area contributed by atoms with Crippen LogP contribution in [0, 0.1) is 11.8 Å². The second-order valence-electron chi connectivity index (χ2n) is 7.40. The summed E-state index contributed by atoms with van der Waals surface area (Å²) in [6, 6.07) is 0. The predicted molar refractivity (Wildman–Crippen MR) is 97.0 cm³/mol. The third-order valence-electron chi connectivity index (χ3n) is 4.69. The van der Waals surface area contributed by atoms with Gasteiger partial charge >= 0.3 is 35.5 Å². The summed E-state index contributed by atoms with van der Waals surface area (Å²) in [5.41, 5.74) is 0. The van der Waals surface area contributed by atoms with Crippen molar-refractivity contribution in [3.63, 3.8) is 0 Å². The van der Waals surface area contributed by atoms with Gasteiger partial charge < -0.3 is 14.9 Å². The van der Waals surface area contributed by atoms with Crippen LogP contribution in [-0.2, 0) is 14.3 Å². The number of cyclic esters (lactones) is 1. The van der Waals surface area contributed by atoms with Crippen LogP contribution in [0.15, 0.2) is 11.5 Å². The Kier molecular flexibility index (Phi) is 14.5. The Hall–Kier alpha value is -0.360. The monoisotopic (exact) mass is 377 g/mol. The summed E-state index contributed by atoms with van der Waals surface area (Å²) in [6.07, 6.45) is 12.1. The molecule has 1 heterocycles. The number of hydrogen-bond donors (Lipinski definition) is 2. The largest absolute Gasteiger partial charge is 1.00 e. The van der Waals surface area contributed by atoms with Crippen LogP contribution in [0.3, 0.4) is 0 Å². The fraction of sp³-hybridized carbons (Fsp3) is 0.800. The smallest absolute Gasteiger partial charge is 0.507 e. The van der Waals surface area contributed by atoms with Crippen LogP contribution < -0.4 is 29.6 Å². The molecule has 0 aliphatic carbocycles. The van der Waals surface area contributed by atoms with E-state index in [1.165, 1.54) is 44.9 Å².